The third-order valence-corrected chi connectivity index (χ3v) is 4.05. The van der Waals surface area contributed by atoms with Crippen molar-refractivity contribution in [2.75, 3.05) is 18.6 Å². The van der Waals surface area contributed by atoms with Gasteiger partial charge in [-0.05, 0) is 50.1 Å². The molecule has 0 spiro atoms. The Hall–Kier alpha value is -2.96. The number of carbonyl (C=O) groups excluding carboxylic acids is 1. The van der Waals surface area contributed by atoms with Gasteiger partial charge >= 0.3 is 6.03 Å². The number of nitrogens with zero attached hydrogens (tertiary/aromatic N) is 3. The predicted octanol–water partition coefficient (Wildman–Crippen LogP) is 4.86. The summed E-state index contributed by atoms with van der Waals surface area (Å²) in [5, 5.41) is 2.60. The number of allylic oxidation sites excluding steroid dienone is 2. The number of hydrogen-bond acceptors (Lipinski definition) is 4. The van der Waals surface area contributed by atoms with Gasteiger partial charge in [0.25, 0.3) is 0 Å². The zero-order chi connectivity index (χ0) is 21.3. The Morgan fingerprint density at radius 1 is 1.46 bits per heavy atom. The average Bonchev–Trinajstić information content (AvgIpc) is 2.70. The fourth-order valence-corrected chi connectivity index (χ4v) is 2.61. The van der Waals surface area contributed by atoms with Crippen LogP contribution in [0.15, 0.2) is 53.9 Å². The maximum Gasteiger partial charge on any atom is 0.327 e. The van der Waals surface area contributed by atoms with E-state index in [1.165, 1.54) is 18.0 Å². The predicted molar refractivity (Wildman–Crippen MR) is 112 cm³/mol. The zero-order valence-corrected chi connectivity index (χ0v) is 17.1. The SMILES string of the molecule is C=NC(=C)N(C(=O)NC)c1c(CCCOC(=C)/C(F)=C\C)ccnc1C(C)C. The van der Waals surface area contributed by atoms with Crippen LogP contribution in [0, 0.1) is 0 Å². The molecule has 1 aromatic rings. The van der Waals surface area contributed by atoms with Crippen molar-refractivity contribution in [1.29, 1.82) is 0 Å². The molecule has 0 saturated carbocycles. The van der Waals surface area contributed by atoms with E-state index in [9.17, 15) is 9.18 Å². The highest BCUT2D eigenvalue weighted by molar-refractivity contribution is 5.96. The molecular weight excluding hydrogens is 359 g/mol. The summed E-state index contributed by atoms with van der Waals surface area (Å²) in [5.41, 5.74) is 2.26. The molecule has 0 aliphatic heterocycles. The molecule has 0 unspecified atom stereocenters. The van der Waals surface area contributed by atoms with Gasteiger partial charge in [-0.1, -0.05) is 27.0 Å². The number of aliphatic imine (C=N–C) groups is 1. The summed E-state index contributed by atoms with van der Waals surface area (Å²) in [5.74, 6) is -0.197. The summed E-state index contributed by atoms with van der Waals surface area (Å²) in [6.07, 6.45) is 4.19. The van der Waals surface area contributed by atoms with Crippen LogP contribution < -0.4 is 10.2 Å². The largest absolute Gasteiger partial charge is 0.491 e. The Bertz CT molecular complexity index is 772. The van der Waals surface area contributed by atoms with E-state index in [1.807, 2.05) is 19.9 Å². The number of halogens is 1. The van der Waals surface area contributed by atoms with Crippen molar-refractivity contribution >= 4 is 18.4 Å². The molecule has 1 N–H and O–H groups in total. The van der Waals surface area contributed by atoms with Crippen LogP contribution in [0.2, 0.25) is 0 Å². The molecule has 0 aromatic carbocycles. The van der Waals surface area contributed by atoms with Gasteiger partial charge in [-0.2, -0.15) is 0 Å². The number of urea groups is 1. The molecule has 1 rings (SSSR count). The van der Waals surface area contributed by atoms with Crippen LogP contribution in [0.5, 0.6) is 0 Å². The van der Waals surface area contributed by atoms with Gasteiger partial charge in [-0.3, -0.25) is 4.98 Å². The van der Waals surface area contributed by atoms with Gasteiger partial charge < -0.3 is 10.1 Å². The molecule has 0 fully saturated rings. The van der Waals surface area contributed by atoms with Crippen LogP contribution in [-0.2, 0) is 11.2 Å². The van der Waals surface area contributed by atoms with E-state index >= 15 is 0 Å². The zero-order valence-electron chi connectivity index (χ0n) is 17.1. The molecule has 0 saturated heterocycles. The topological polar surface area (TPSA) is 66.8 Å². The number of amides is 2. The molecule has 6 nitrogen and oxygen atoms in total. The number of aryl methyl sites for hydroxylation is 1. The Kier molecular flexibility index (Phi) is 9.08. The second-order valence-corrected chi connectivity index (χ2v) is 6.34. The van der Waals surface area contributed by atoms with E-state index < -0.39 is 5.83 Å². The number of anilines is 1. The summed E-state index contributed by atoms with van der Waals surface area (Å²) in [4.78, 5) is 22.2. The van der Waals surface area contributed by atoms with Crippen molar-refractivity contribution in [2.24, 2.45) is 4.99 Å². The maximum absolute atomic E-state index is 13.4. The average molecular weight is 388 g/mol. The van der Waals surface area contributed by atoms with E-state index in [0.717, 1.165) is 11.3 Å². The fraction of sp³-hybridized carbons (Fsp3) is 0.381. The lowest BCUT2D eigenvalue weighted by molar-refractivity contribution is 0.206. The molecule has 1 aromatic heterocycles. The standard InChI is InChI=1S/C21H29FN4O2/c1-8-18(22)15(4)28-13-9-10-17-11-12-25-19(14(2)3)20(17)26(16(5)23-6)21(27)24-7/h8,11-12,14H,4-6,9-10,13H2,1-3,7H3,(H,24,27)/b18-8+. The normalized spacial score (nSPS) is 11.1. The van der Waals surface area contributed by atoms with E-state index in [4.69, 9.17) is 4.74 Å². The summed E-state index contributed by atoms with van der Waals surface area (Å²) in [7, 11) is 1.53. The minimum absolute atomic E-state index is 0.0107. The highest BCUT2D eigenvalue weighted by atomic mass is 19.1. The van der Waals surface area contributed by atoms with Gasteiger partial charge in [-0.15, -0.1) is 0 Å². The van der Waals surface area contributed by atoms with Gasteiger partial charge in [0.2, 0.25) is 0 Å². The van der Waals surface area contributed by atoms with Crippen LogP contribution in [0.1, 0.15) is 44.4 Å². The molecule has 0 radical (unpaired) electrons. The van der Waals surface area contributed by atoms with Crippen LogP contribution >= 0.6 is 0 Å². The van der Waals surface area contributed by atoms with Crippen LogP contribution in [0.25, 0.3) is 0 Å². The number of carbonyl (C=O) groups is 1. The molecule has 152 valence electrons. The van der Waals surface area contributed by atoms with Gasteiger partial charge in [-0.25, -0.2) is 19.1 Å². The first-order valence-corrected chi connectivity index (χ1v) is 9.07. The Labute approximate surface area is 166 Å². The van der Waals surface area contributed by atoms with Gasteiger partial charge in [0, 0.05) is 13.2 Å². The number of ether oxygens (including phenoxy) is 1. The van der Waals surface area contributed by atoms with Crippen molar-refractivity contribution in [1.82, 2.24) is 10.3 Å². The van der Waals surface area contributed by atoms with Gasteiger partial charge in [0.15, 0.2) is 5.83 Å². The van der Waals surface area contributed by atoms with Crippen LogP contribution in [0.4, 0.5) is 14.9 Å². The minimum Gasteiger partial charge on any atom is -0.491 e. The lowest BCUT2D eigenvalue weighted by Crippen LogP contribution is -2.38. The molecule has 7 heteroatoms. The highest BCUT2D eigenvalue weighted by Gasteiger charge is 2.25. The third kappa shape index (κ3) is 5.77. The number of rotatable bonds is 10. The molecule has 0 aliphatic carbocycles. The number of aromatic nitrogens is 1. The quantitative estimate of drug-likeness (QED) is 0.269. The smallest absolute Gasteiger partial charge is 0.327 e. The summed E-state index contributed by atoms with van der Waals surface area (Å²) in [6.45, 7) is 16.7. The van der Waals surface area contributed by atoms with Crippen molar-refractivity contribution in [3.63, 3.8) is 0 Å². The van der Waals surface area contributed by atoms with Gasteiger partial charge in [0.05, 0.1) is 18.0 Å². The highest BCUT2D eigenvalue weighted by Crippen LogP contribution is 2.32. The van der Waals surface area contributed by atoms with Crippen molar-refractivity contribution in [3.8, 4) is 0 Å². The molecular formula is C21H29FN4O2. The van der Waals surface area contributed by atoms with Crippen molar-refractivity contribution < 1.29 is 13.9 Å². The molecule has 0 bridgehead atoms. The van der Waals surface area contributed by atoms with E-state index in [2.05, 4.69) is 35.2 Å². The monoisotopic (exact) mass is 388 g/mol. The Morgan fingerprint density at radius 3 is 2.68 bits per heavy atom. The van der Waals surface area contributed by atoms with E-state index in [0.29, 0.717) is 25.1 Å². The molecule has 0 atom stereocenters. The third-order valence-electron chi connectivity index (χ3n) is 4.05. The fourth-order valence-electron chi connectivity index (χ4n) is 2.61. The second kappa shape index (κ2) is 11.0. The Morgan fingerprint density at radius 2 is 2.14 bits per heavy atom. The first kappa shape index (κ1) is 23.1. The molecule has 28 heavy (non-hydrogen) atoms. The molecule has 0 aliphatic rings. The maximum atomic E-state index is 13.4. The van der Waals surface area contributed by atoms with Crippen LogP contribution in [-0.4, -0.2) is 31.4 Å². The first-order valence-electron chi connectivity index (χ1n) is 9.07. The Balaban J connectivity index is 3.17. The molecule has 2 amide bonds. The lowest BCUT2D eigenvalue weighted by Gasteiger charge is -2.27. The van der Waals surface area contributed by atoms with E-state index in [-0.39, 0.29) is 23.5 Å². The summed E-state index contributed by atoms with van der Waals surface area (Å²) in [6, 6.07) is 1.46. The first-order chi connectivity index (χ1) is 13.3. The number of hydrogen-bond donors (Lipinski definition) is 1. The minimum atomic E-state index is -0.481. The summed E-state index contributed by atoms with van der Waals surface area (Å²) < 4.78 is 18.7. The molecule has 1 heterocycles. The lowest BCUT2D eigenvalue weighted by atomic mass is 10.0. The van der Waals surface area contributed by atoms with Crippen LogP contribution in [0.3, 0.4) is 0 Å². The summed E-state index contributed by atoms with van der Waals surface area (Å²) >= 11 is 0. The second-order valence-electron chi connectivity index (χ2n) is 6.34. The number of pyridine rings is 1. The number of nitrogens with one attached hydrogen (secondary N) is 1. The van der Waals surface area contributed by atoms with Gasteiger partial charge in [0.1, 0.15) is 11.6 Å². The van der Waals surface area contributed by atoms with Crippen molar-refractivity contribution in [3.05, 3.63) is 60.2 Å². The van der Waals surface area contributed by atoms with E-state index in [1.54, 1.807) is 13.1 Å². The van der Waals surface area contributed by atoms with Crippen molar-refractivity contribution in [2.45, 2.75) is 39.5 Å².